The van der Waals surface area contributed by atoms with Crippen molar-refractivity contribution in [2.75, 3.05) is 24.2 Å². The summed E-state index contributed by atoms with van der Waals surface area (Å²) >= 11 is 1.74. The first-order valence-corrected chi connectivity index (χ1v) is 8.21. The van der Waals surface area contributed by atoms with Gasteiger partial charge in [-0.25, -0.2) is 14.8 Å². The van der Waals surface area contributed by atoms with Gasteiger partial charge in [0.15, 0.2) is 0 Å². The van der Waals surface area contributed by atoms with Crippen molar-refractivity contribution in [3.8, 4) is 0 Å². The second kappa shape index (κ2) is 8.43. The average molecular weight is 321 g/mol. The van der Waals surface area contributed by atoms with Gasteiger partial charge in [-0.2, -0.15) is 11.8 Å². The Labute approximate surface area is 133 Å². The Bertz CT molecular complexity index is 602. The molecule has 7 heteroatoms. The lowest BCUT2D eigenvalue weighted by molar-refractivity contribution is 0.0526. The number of furan rings is 1. The Hall–Kier alpha value is -2.02. The molecule has 2 aromatic heterocycles. The number of carbonyl (C=O) groups excluding carboxylic acids is 1. The molecule has 1 N–H and O–H groups in total. The minimum Gasteiger partial charge on any atom is -0.468 e. The molecular weight excluding hydrogens is 302 g/mol. The summed E-state index contributed by atoms with van der Waals surface area (Å²) < 4.78 is 10.3. The third-order valence-electron chi connectivity index (χ3n) is 2.77. The maximum Gasteiger partial charge on any atom is 0.343 e. The van der Waals surface area contributed by atoms with Crippen LogP contribution in [-0.4, -0.2) is 34.8 Å². The molecule has 2 aromatic rings. The average Bonchev–Trinajstić information content (AvgIpc) is 3.00. The third-order valence-corrected chi connectivity index (χ3v) is 3.75. The minimum absolute atomic E-state index is 0.325. The van der Waals surface area contributed by atoms with E-state index in [1.807, 2.05) is 12.1 Å². The molecule has 0 bridgehead atoms. The van der Waals surface area contributed by atoms with Gasteiger partial charge in [0.25, 0.3) is 0 Å². The number of ether oxygens (including phenoxy) is 1. The second-order valence-electron chi connectivity index (χ2n) is 4.46. The van der Waals surface area contributed by atoms with Crippen molar-refractivity contribution in [2.24, 2.45) is 0 Å². The summed E-state index contributed by atoms with van der Waals surface area (Å²) in [7, 11) is 0. The van der Waals surface area contributed by atoms with Gasteiger partial charge in [0, 0.05) is 18.5 Å². The molecule has 0 saturated carbocycles. The van der Waals surface area contributed by atoms with Gasteiger partial charge in [-0.3, -0.25) is 0 Å². The maximum atomic E-state index is 11.9. The number of aryl methyl sites for hydroxylation is 1. The van der Waals surface area contributed by atoms with E-state index >= 15 is 0 Å². The predicted octanol–water partition coefficient (Wildman–Crippen LogP) is 2.90. The Morgan fingerprint density at radius 2 is 2.36 bits per heavy atom. The normalized spacial score (nSPS) is 10.5. The van der Waals surface area contributed by atoms with Crippen LogP contribution < -0.4 is 5.32 Å². The summed E-state index contributed by atoms with van der Waals surface area (Å²) in [6, 6.07) is 3.83. The van der Waals surface area contributed by atoms with Crippen molar-refractivity contribution >= 4 is 23.5 Å². The topological polar surface area (TPSA) is 77.2 Å². The highest BCUT2D eigenvalue weighted by atomic mass is 32.2. The van der Waals surface area contributed by atoms with E-state index in [0.717, 1.165) is 17.3 Å². The van der Waals surface area contributed by atoms with Crippen LogP contribution in [0.25, 0.3) is 0 Å². The largest absolute Gasteiger partial charge is 0.468 e. The van der Waals surface area contributed by atoms with E-state index in [-0.39, 0.29) is 0 Å². The molecular formula is C15H19N3O3S. The van der Waals surface area contributed by atoms with Crippen LogP contribution in [0.5, 0.6) is 0 Å². The molecule has 0 unspecified atom stereocenters. The molecule has 2 heterocycles. The fourth-order valence-corrected chi connectivity index (χ4v) is 2.53. The van der Waals surface area contributed by atoms with Crippen LogP contribution in [0.3, 0.4) is 0 Å². The zero-order valence-corrected chi connectivity index (χ0v) is 13.5. The highest BCUT2D eigenvalue weighted by Crippen LogP contribution is 2.15. The van der Waals surface area contributed by atoms with Gasteiger partial charge >= 0.3 is 5.97 Å². The fourth-order valence-electron chi connectivity index (χ4n) is 1.77. The van der Waals surface area contributed by atoms with Gasteiger partial charge < -0.3 is 14.5 Å². The van der Waals surface area contributed by atoms with Crippen LogP contribution in [0.4, 0.5) is 5.82 Å². The van der Waals surface area contributed by atoms with E-state index in [2.05, 4.69) is 15.3 Å². The molecule has 0 aliphatic rings. The number of carbonyl (C=O) groups is 1. The molecule has 0 spiro atoms. The summed E-state index contributed by atoms with van der Waals surface area (Å²) in [5.74, 6) is 3.36. The number of nitrogens with zero attached hydrogens (tertiary/aromatic N) is 2. The van der Waals surface area contributed by atoms with Crippen LogP contribution >= 0.6 is 11.8 Å². The van der Waals surface area contributed by atoms with Crippen molar-refractivity contribution in [1.82, 2.24) is 9.97 Å². The zero-order valence-electron chi connectivity index (χ0n) is 12.7. The summed E-state index contributed by atoms with van der Waals surface area (Å²) in [5.41, 5.74) is 0.364. The van der Waals surface area contributed by atoms with E-state index in [0.29, 0.717) is 30.4 Å². The van der Waals surface area contributed by atoms with Crippen molar-refractivity contribution in [3.05, 3.63) is 41.7 Å². The monoisotopic (exact) mass is 321 g/mol. The molecule has 0 amide bonds. The van der Waals surface area contributed by atoms with Gasteiger partial charge in [-0.1, -0.05) is 0 Å². The first-order chi connectivity index (χ1) is 10.7. The minimum atomic E-state index is -0.409. The molecule has 0 aliphatic carbocycles. The van der Waals surface area contributed by atoms with Crippen molar-refractivity contribution < 1.29 is 13.9 Å². The zero-order chi connectivity index (χ0) is 15.8. The highest BCUT2D eigenvalue weighted by molar-refractivity contribution is 7.98. The van der Waals surface area contributed by atoms with Crippen LogP contribution in [0.15, 0.2) is 29.0 Å². The first-order valence-electron chi connectivity index (χ1n) is 7.05. The number of nitrogens with one attached hydrogen (secondary N) is 1. The molecule has 0 saturated heterocycles. The van der Waals surface area contributed by atoms with Crippen LogP contribution in [-0.2, 0) is 10.5 Å². The third kappa shape index (κ3) is 4.77. The summed E-state index contributed by atoms with van der Waals surface area (Å²) in [4.78, 5) is 20.2. The first kappa shape index (κ1) is 16.4. The number of thioether (sulfide) groups is 1. The SMILES string of the molecule is CCOC(=O)c1cnc(C)nc1NCCSCc1ccco1. The van der Waals surface area contributed by atoms with E-state index in [1.54, 1.807) is 31.9 Å². The smallest absolute Gasteiger partial charge is 0.343 e. The Morgan fingerprint density at radius 3 is 3.09 bits per heavy atom. The summed E-state index contributed by atoms with van der Waals surface area (Å²) in [6.07, 6.45) is 3.17. The number of aromatic nitrogens is 2. The molecule has 0 fully saturated rings. The number of rotatable bonds is 8. The molecule has 0 atom stereocenters. The fraction of sp³-hybridized carbons (Fsp3) is 0.400. The predicted molar refractivity (Wildman–Crippen MR) is 86.1 cm³/mol. The summed E-state index contributed by atoms with van der Waals surface area (Å²) in [5, 5.41) is 3.17. The molecule has 0 aliphatic heterocycles. The van der Waals surface area contributed by atoms with Crippen molar-refractivity contribution in [3.63, 3.8) is 0 Å². The molecule has 118 valence electrons. The number of esters is 1. The van der Waals surface area contributed by atoms with Gasteiger partial charge in [0.05, 0.1) is 18.6 Å². The van der Waals surface area contributed by atoms with E-state index < -0.39 is 5.97 Å². The van der Waals surface area contributed by atoms with Crippen molar-refractivity contribution in [1.29, 1.82) is 0 Å². The van der Waals surface area contributed by atoms with E-state index in [1.165, 1.54) is 6.20 Å². The van der Waals surface area contributed by atoms with Crippen LogP contribution in [0, 0.1) is 6.92 Å². The van der Waals surface area contributed by atoms with Gasteiger partial charge in [-0.05, 0) is 26.0 Å². The molecule has 6 nitrogen and oxygen atoms in total. The summed E-state index contributed by atoms with van der Waals surface area (Å²) in [6.45, 7) is 4.57. The molecule has 0 radical (unpaired) electrons. The van der Waals surface area contributed by atoms with Gasteiger partial charge in [-0.15, -0.1) is 0 Å². The van der Waals surface area contributed by atoms with Gasteiger partial charge in [0.1, 0.15) is 23.0 Å². The number of hydrogen-bond donors (Lipinski definition) is 1. The Balaban J connectivity index is 1.85. The standard InChI is InChI=1S/C15H19N3O3S/c1-3-20-15(19)13-9-17-11(2)18-14(13)16-6-8-22-10-12-5-4-7-21-12/h4-5,7,9H,3,6,8,10H2,1-2H3,(H,16,17,18). The highest BCUT2D eigenvalue weighted by Gasteiger charge is 2.14. The Morgan fingerprint density at radius 1 is 1.50 bits per heavy atom. The second-order valence-corrected chi connectivity index (χ2v) is 5.56. The lowest BCUT2D eigenvalue weighted by atomic mass is 10.3. The molecule has 22 heavy (non-hydrogen) atoms. The van der Waals surface area contributed by atoms with Gasteiger partial charge in [0.2, 0.25) is 0 Å². The van der Waals surface area contributed by atoms with E-state index in [9.17, 15) is 4.79 Å². The maximum absolute atomic E-state index is 11.9. The van der Waals surface area contributed by atoms with E-state index in [4.69, 9.17) is 9.15 Å². The molecule has 0 aromatic carbocycles. The lowest BCUT2D eigenvalue weighted by Crippen LogP contribution is -2.14. The Kier molecular flexibility index (Phi) is 6.27. The van der Waals surface area contributed by atoms with Crippen LogP contribution in [0.2, 0.25) is 0 Å². The number of hydrogen-bond acceptors (Lipinski definition) is 7. The number of anilines is 1. The lowest BCUT2D eigenvalue weighted by Gasteiger charge is -2.10. The van der Waals surface area contributed by atoms with Crippen molar-refractivity contribution in [2.45, 2.75) is 19.6 Å². The van der Waals surface area contributed by atoms with Crippen LogP contribution in [0.1, 0.15) is 28.9 Å². The molecule has 2 rings (SSSR count). The quantitative estimate of drug-likeness (QED) is 0.591.